The minimum Gasteiger partial charge on any atom is -0.496 e. The molecule has 31 heavy (non-hydrogen) atoms. The van der Waals surface area contributed by atoms with Crippen LogP contribution in [0, 0.1) is 5.82 Å². The molecule has 3 rings (SSSR count). The summed E-state index contributed by atoms with van der Waals surface area (Å²) in [6.07, 6.45) is 4.35. The number of esters is 1. The van der Waals surface area contributed by atoms with Gasteiger partial charge >= 0.3 is 5.97 Å². The van der Waals surface area contributed by atoms with Crippen LogP contribution in [0.2, 0.25) is 0 Å². The van der Waals surface area contributed by atoms with Gasteiger partial charge in [0.2, 0.25) is 11.8 Å². The average molecular weight is 426 g/mol. The molecular weight excluding hydrogens is 403 g/mol. The maximum absolute atomic E-state index is 13.6. The van der Waals surface area contributed by atoms with Crippen molar-refractivity contribution >= 4 is 11.9 Å². The molecule has 0 saturated carbocycles. The fourth-order valence-electron chi connectivity index (χ4n) is 2.80. The lowest BCUT2D eigenvalue weighted by Gasteiger charge is -2.17. The molecule has 0 saturated heterocycles. The predicted octanol–water partition coefficient (Wildman–Crippen LogP) is 3.87. The first-order valence-electron chi connectivity index (χ1n) is 9.56. The highest BCUT2D eigenvalue weighted by Crippen LogP contribution is 2.37. The summed E-state index contributed by atoms with van der Waals surface area (Å²) in [5.41, 5.74) is 1.25. The van der Waals surface area contributed by atoms with Crippen LogP contribution in [0.1, 0.15) is 13.8 Å². The summed E-state index contributed by atoms with van der Waals surface area (Å²) in [5.74, 6) is 0.569. The van der Waals surface area contributed by atoms with E-state index in [1.807, 2.05) is 0 Å². The van der Waals surface area contributed by atoms with Gasteiger partial charge in [-0.25, -0.2) is 19.3 Å². The van der Waals surface area contributed by atoms with Gasteiger partial charge in [-0.1, -0.05) is 0 Å². The molecule has 0 N–H and O–H groups in total. The molecule has 162 valence electrons. The van der Waals surface area contributed by atoms with Gasteiger partial charge in [0.15, 0.2) is 5.75 Å². The fraction of sp³-hybridized carbons (Fsp3) is 0.273. The first kappa shape index (κ1) is 21.9. The summed E-state index contributed by atoms with van der Waals surface area (Å²) in [7, 11) is 3.16. The number of hydrogen-bond donors (Lipinski definition) is 0. The van der Waals surface area contributed by atoms with Crippen molar-refractivity contribution in [3.8, 4) is 28.5 Å². The van der Waals surface area contributed by atoms with Gasteiger partial charge in [0.05, 0.1) is 25.6 Å². The Hall–Kier alpha value is -3.75. The molecule has 0 unspecified atom stereocenters. The molecule has 8 nitrogen and oxygen atoms in total. The average Bonchev–Trinajstić information content (AvgIpc) is 2.74. The first-order valence-corrected chi connectivity index (χ1v) is 9.56. The third kappa shape index (κ3) is 5.65. The van der Waals surface area contributed by atoms with E-state index in [-0.39, 0.29) is 24.5 Å². The van der Waals surface area contributed by atoms with E-state index >= 15 is 0 Å². The second kappa shape index (κ2) is 9.84. The van der Waals surface area contributed by atoms with Crippen LogP contribution >= 0.6 is 0 Å². The number of likely N-dealkylation sites (N-methyl/N-ethyl adjacent to an activating group) is 1. The Morgan fingerprint density at radius 2 is 1.87 bits per heavy atom. The molecular formula is C22H23FN4O4. The second-order valence-corrected chi connectivity index (χ2v) is 6.92. The molecule has 0 radical (unpaired) electrons. The number of pyridine rings is 1. The standard InChI is InChI=1S/C22H23FN4O4/c1-14(2)30-20(28)13-27(3)22-25-11-16(12-26-22)31-21-18(6-5-9-24-21)17-8-7-15(23)10-19(17)29-4/h5-12,14H,13H2,1-4H3. The summed E-state index contributed by atoms with van der Waals surface area (Å²) >= 11 is 0. The Kier molecular flexibility index (Phi) is 6.96. The highest BCUT2D eigenvalue weighted by Gasteiger charge is 2.16. The van der Waals surface area contributed by atoms with Gasteiger partial charge < -0.3 is 19.1 Å². The quantitative estimate of drug-likeness (QED) is 0.502. The van der Waals surface area contributed by atoms with Crippen LogP contribution in [0.15, 0.2) is 48.9 Å². The lowest BCUT2D eigenvalue weighted by Crippen LogP contribution is -2.29. The number of methoxy groups -OCH3 is 1. The zero-order chi connectivity index (χ0) is 22.4. The monoisotopic (exact) mass is 426 g/mol. The van der Waals surface area contributed by atoms with E-state index < -0.39 is 5.82 Å². The van der Waals surface area contributed by atoms with E-state index in [1.54, 1.807) is 50.2 Å². The van der Waals surface area contributed by atoms with Crippen molar-refractivity contribution in [1.29, 1.82) is 0 Å². The summed E-state index contributed by atoms with van der Waals surface area (Å²) < 4.78 is 29.8. The molecule has 0 aliphatic rings. The van der Waals surface area contributed by atoms with E-state index in [4.69, 9.17) is 14.2 Å². The third-order valence-electron chi connectivity index (χ3n) is 4.13. The number of halogens is 1. The van der Waals surface area contributed by atoms with Crippen LogP contribution in [-0.4, -0.2) is 47.7 Å². The molecule has 0 fully saturated rings. The van der Waals surface area contributed by atoms with Crippen LogP contribution in [0.3, 0.4) is 0 Å². The Morgan fingerprint density at radius 1 is 1.13 bits per heavy atom. The number of anilines is 1. The molecule has 0 amide bonds. The number of benzene rings is 1. The number of ether oxygens (including phenoxy) is 3. The summed E-state index contributed by atoms with van der Waals surface area (Å²) in [4.78, 5) is 26.1. The van der Waals surface area contributed by atoms with Crippen LogP contribution in [0.25, 0.3) is 11.1 Å². The van der Waals surface area contributed by atoms with Gasteiger partial charge in [-0.15, -0.1) is 0 Å². The topological polar surface area (TPSA) is 86.7 Å². The minimum atomic E-state index is -0.405. The van der Waals surface area contributed by atoms with Crippen molar-refractivity contribution in [3.05, 3.63) is 54.7 Å². The van der Waals surface area contributed by atoms with Crippen molar-refractivity contribution in [2.75, 3.05) is 25.6 Å². The Bertz CT molecular complexity index is 1040. The number of rotatable bonds is 8. The van der Waals surface area contributed by atoms with Crippen LogP contribution in [0.4, 0.5) is 10.3 Å². The fourth-order valence-corrected chi connectivity index (χ4v) is 2.80. The van der Waals surface area contributed by atoms with Gasteiger partial charge in [-0.2, -0.15) is 0 Å². The van der Waals surface area contributed by atoms with Gasteiger partial charge in [0.1, 0.15) is 18.1 Å². The lowest BCUT2D eigenvalue weighted by molar-refractivity contribution is -0.145. The van der Waals surface area contributed by atoms with Crippen molar-refractivity contribution in [2.24, 2.45) is 0 Å². The largest absolute Gasteiger partial charge is 0.496 e. The molecule has 0 aliphatic heterocycles. The maximum atomic E-state index is 13.6. The van der Waals surface area contributed by atoms with Crippen LogP contribution in [0.5, 0.6) is 17.4 Å². The maximum Gasteiger partial charge on any atom is 0.325 e. The smallest absolute Gasteiger partial charge is 0.325 e. The van der Waals surface area contributed by atoms with Crippen molar-refractivity contribution in [3.63, 3.8) is 0 Å². The normalized spacial score (nSPS) is 10.6. The number of carbonyl (C=O) groups excluding carboxylic acids is 1. The number of aromatic nitrogens is 3. The second-order valence-electron chi connectivity index (χ2n) is 6.92. The zero-order valence-corrected chi connectivity index (χ0v) is 17.7. The minimum absolute atomic E-state index is 0.0210. The third-order valence-corrected chi connectivity index (χ3v) is 4.13. The van der Waals surface area contributed by atoms with Crippen molar-refractivity contribution in [2.45, 2.75) is 20.0 Å². The highest BCUT2D eigenvalue weighted by atomic mass is 19.1. The van der Waals surface area contributed by atoms with E-state index in [9.17, 15) is 9.18 Å². The van der Waals surface area contributed by atoms with Gasteiger partial charge in [0, 0.05) is 30.4 Å². The first-order chi connectivity index (χ1) is 14.9. The molecule has 2 aromatic heterocycles. The lowest BCUT2D eigenvalue weighted by atomic mass is 10.1. The number of carbonyl (C=O) groups is 1. The molecule has 0 bridgehead atoms. The molecule has 1 aromatic carbocycles. The molecule has 3 aromatic rings. The van der Waals surface area contributed by atoms with Crippen molar-refractivity contribution < 1.29 is 23.4 Å². The summed E-state index contributed by atoms with van der Waals surface area (Å²) in [6, 6.07) is 7.77. The van der Waals surface area contributed by atoms with Gasteiger partial charge in [-0.05, 0) is 38.1 Å². The molecule has 2 heterocycles. The number of hydrogen-bond acceptors (Lipinski definition) is 8. The Balaban J connectivity index is 1.78. The Labute approximate surface area is 179 Å². The molecule has 0 aliphatic carbocycles. The summed E-state index contributed by atoms with van der Waals surface area (Å²) in [6.45, 7) is 3.59. The number of nitrogens with zero attached hydrogens (tertiary/aromatic N) is 4. The van der Waals surface area contributed by atoms with E-state index in [1.165, 1.54) is 31.6 Å². The van der Waals surface area contributed by atoms with E-state index in [0.717, 1.165) is 0 Å². The Morgan fingerprint density at radius 3 is 2.55 bits per heavy atom. The van der Waals surface area contributed by atoms with Crippen LogP contribution < -0.4 is 14.4 Å². The molecule has 9 heteroatoms. The van der Waals surface area contributed by atoms with E-state index in [0.29, 0.717) is 28.6 Å². The zero-order valence-electron chi connectivity index (χ0n) is 17.7. The van der Waals surface area contributed by atoms with Gasteiger partial charge in [-0.3, -0.25) is 4.79 Å². The molecule has 0 spiro atoms. The molecule has 0 atom stereocenters. The summed E-state index contributed by atoms with van der Waals surface area (Å²) in [5, 5.41) is 0. The SMILES string of the molecule is COc1cc(F)ccc1-c1cccnc1Oc1cnc(N(C)CC(=O)OC(C)C)nc1. The van der Waals surface area contributed by atoms with Crippen molar-refractivity contribution in [1.82, 2.24) is 15.0 Å². The van der Waals surface area contributed by atoms with Crippen LogP contribution in [-0.2, 0) is 9.53 Å². The van der Waals surface area contributed by atoms with E-state index in [2.05, 4.69) is 15.0 Å². The predicted molar refractivity (Wildman–Crippen MR) is 113 cm³/mol. The van der Waals surface area contributed by atoms with Gasteiger partial charge in [0.25, 0.3) is 0 Å². The highest BCUT2D eigenvalue weighted by molar-refractivity contribution is 5.75.